The van der Waals surface area contributed by atoms with Crippen molar-refractivity contribution >= 4 is 5.78 Å². The van der Waals surface area contributed by atoms with Crippen LogP contribution in [0.5, 0.6) is 0 Å². The predicted octanol–water partition coefficient (Wildman–Crippen LogP) is 2.28. The largest absolute Gasteiger partial charge is 0.339 e. The van der Waals surface area contributed by atoms with Crippen molar-refractivity contribution in [1.29, 1.82) is 0 Å². The summed E-state index contributed by atoms with van der Waals surface area (Å²) < 4.78 is 5.17. The van der Waals surface area contributed by atoms with Gasteiger partial charge in [-0.2, -0.15) is 4.98 Å². The van der Waals surface area contributed by atoms with Gasteiger partial charge in [-0.15, -0.1) is 0 Å². The van der Waals surface area contributed by atoms with Gasteiger partial charge in [0.05, 0.1) is 5.92 Å². The van der Waals surface area contributed by atoms with Crippen molar-refractivity contribution in [3.05, 3.63) is 11.7 Å². The molecule has 1 aliphatic carbocycles. The van der Waals surface area contributed by atoms with Gasteiger partial charge in [0.1, 0.15) is 5.78 Å². The van der Waals surface area contributed by atoms with Crippen LogP contribution in [0, 0.1) is 5.92 Å². The smallest absolute Gasteiger partial charge is 0.237 e. The Morgan fingerprint density at radius 3 is 2.60 bits per heavy atom. The van der Waals surface area contributed by atoms with Crippen LogP contribution in [0.4, 0.5) is 0 Å². The first-order chi connectivity index (χ1) is 7.09. The fourth-order valence-electron chi connectivity index (χ4n) is 1.81. The van der Waals surface area contributed by atoms with Gasteiger partial charge >= 0.3 is 0 Å². The fraction of sp³-hybridized carbons (Fsp3) is 0.727. The lowest BCUT2D eigenvalue weighted by atomic mass is 9.92. The summed E-state index contributed by atoms with van der Waals surface area (Å²) in [6.45, 7) is 5.56. The molecule has 2 rings (SSSR count). The number of Topliss-reactive ketones (excluding diaryl/α,β-unsaturated/α-hetero) is 1. The zero-order valence-corrected chi connectivity index (χ0v) is 9.36. The average molecular weight is 208 g/mol. The zero-order chi connectivity index (χ0) is 11.0. The highest BCUT2D eigenvalue weighted by atomic mass is 16.5. The Morgan fingerprint density at radius 2 is 2.13 bits per heavy atom. The van der Waals surface area contributed by atoms with Gasteiger partial charge in [-0.25, -0.2) is 0 Å². The first-order valence-electron chi connectivity index (χ1n) is 5.43. The van der Waals surface area contributed by atoms with Gasteiger partial charge in [0.15, 0.2) is 5.82 Å². The van der Waals surface area contributed by atoms with Crippen LogP contribution < -0.4 is 0 Å². The average Bonchev–Trinajstić information content (AvgIpc) is 2.87. The summed E-state index contributed by atoms with van der Waals surface area (Å²) in [5.74, 6) is 1.79. The van der Waals surface area contributed by atoms with Gasteiger partial charge in [-0.3, -0.25) is 4.79 Å². The van der Waals surface area contributed by atoms with Gasteiger partial charge in [-0.1, -0.05) is 19.0 Å². The number of hydrogen-bond acceptors (Lipinski definition) is 4. The molecule has 82 valence electrons. The SMILES string of the molecule is CC(=O)C(c1nc(C2CC2)no1)C(C)C. The summed E-state index contributed by atoms with van der Waals surface area (Å²) in [4.78, 5) is 15.8. The molecule has 1 atom stereocenters. The van der Waals surface area contributed by atoms with Crippen LogP contribution in [0.3, 0.4) is 0 Å². The molecule has 1 heterocycles. The van der Waals surface area contributed by atoms with E-state index in [-0.39, 0.29) is 17.6 Å². The van der Waals surface area contributed by atoms with E-state index in [2.05, 4.69) is 10.1 Å². The molecule has 0 spiro atoms. The third-order valence-corrected chi connectivity index (χ3v) is 2.77. The molecule has 15 heavy (non-hydrogen) atoms. The van der Waals surface area contributed by atoms with Gasteiger partial charge in [0, 0.05) is 5.92 Å². The number of nitrogens with zero attached hydrogens (tertiary/aromatic N) is 2. The second-order valence-electron chi connectivity index (χ2n) is 4.60. The molecule has 1 saturated carbocycles. The maximum Gasteiger partial charge on any atom is 0.237 e. The summed E-state index contributed by atoms with van der Waals surface area (Å²) in [6, 6.07) is 0. The first-order valence-corrected chi connectivity index (χ1v) is 5.43. The zero-order valence-electron chi connectivity index (χ0n) is 9.36. The van der Waals surface area contributed by atoms with E-state index in [0.717, 1.165) is 18.7 Å². The Bertz CT molecular complexity index is 366. The number of carbonyl (C=O) groups excluding carboxylic acids is 1. The number of ketones is 1. The number of hydrogen-bond donors (Lipinski definition) is 0. The highest BCUT2D eigenvalue weighted by Crippen LogP contribution is 2.39. The van der Waals surface area contributed by atoms with E-state index in [9.17, 15) is 4.79 Å². The third-order valence-electron chi connectivity index (χ3n) is 2.77. The lowest BCUT2D eigenvalue weighted by Crippen LogP contribution is -2.15. The summed E-state index contributed by atoms with van der Waals surface area (Å²) in [5, 5.41) is 3.93. The Kier molecular flexibility index (Phi) is 2.59. The molecule has 0 saturated heterocycles. The maximum absolute atomic E-state index is 11.5. The highest BCUT2D eigenvalue weighted by molar-refractivity contribution is 5.82. The molecule has 1 aromatic rings. The Labute approximate surface area is 89.1 Å². The molecule has 1 aliphatic rings. The van der Waals surface area contributed by atoms with Crippen LogP contribution in [-0.2, 0) is 4.79 Å². The molecule has 0 amide bonds. The highest BCUT2D eigenvalue weighted by Gasteiger charge is 2.32. The van der Waals surface area contributed by atoms with E-state index >= 15 is 0 Å². The van der Waals surface area contributed by atoms with Crippen molar-refractivity contribution < 1.29 is 9.32 Å². The summed E-state index contributed by atoms with van der Waals surface area (Å²) >= 11 is 0. The number of aromatic nitrogens is 2. The van der Waals surface area contributed by atoms with Crippen LogP contribution in [0.25, 0.3) is 0 Å². The molecule has 0 radical (unpaired) electrons. The van der Waals surface area contributed by atoms with Crippen molar-refractivity contribution in [3.8, 4) is 0 Å². The lowest BCUT2D eigenvalue weighted by molar-refractivity contribution is -0.119. The third kappa shape index (κ3) is 2.08. The van der Waals surface area contributed by atoms with Gasteiger partial charge in [0.2, 0.25) is 5.89 Å². The maximum atomic E-state index is 11.5. The van der Waals surface area contributed by atoms with E-state index < -0.39 is 0 Å². The molecular formula is C11H16N2O2. The molecule has 4 nitrogen and oxygen atoms in total. The van der Waals surface area contributed by atoms with Crippen molar-refractivity contribution in [1.82, 2.24) is 10.1 Å². The van der Waals surface area contributed by atoms with E-state index in [0.29, 0.717) is 11.8 Å². The monoisotopic (exact) mass is 208 g/mol. The normalized spacial score (nSPS) is 18.1. The molecular weight excluding hydrogens is 192 g/mol. The summed E-state index contributed by atoms with van der Waals surface area (Å²) in [5.41, 5.74) is 0. The molecule has 1 unspecified atom stereocenters. The van der Waals surface area contributed by atoms with Crippen LogP contribution in [-0.4, -0.2) is 15.9 Å². The molecule has 4 heteroatoms. The van der Waals surface area contributed by atoms with Crippen LogP contribution in [0.15, 0.2) is 4.52 Å². The van der Waals surface area contributed by atoms with Crippen molar-refractivity contribution in [2.75, 3.05) is 0 Å². The summed E-state index contributed by atoms with van der Waals surface area (Å²) in [6.07, 6.45) is 2.29. The van der Waals surface area contributed by atoms with E-state index in [1.54, 1.807) is 6.92 Å². The molecule has 1 aromatic heterocycles. The van der Waals surface area contributed by atoms with Crippen molar-refractivity contribution in [2.45, 2.75) is 45.4 Å². The second kappa shape index (κ2) is 3.76. The Hall–Kier alpha value is -1.19. The van der Waals surface area contributed by atoms with Gasteiger partial charge in [-0.05, 0) is 25.7 Å². The van der Waals surface area contributed by atoms with Crippen molar-refractivity contribution in [3.63, 3.8) is 0 Å². The minimum absolute atomic E-state index is 0.0935. The minimum Gasteiger partial charge on any atom is -0.339 e. The lowest BCUT2D eigenvalue weighted by Gasteiger charge is -2.12. The van der Waals surface area contributed by atoms with Crippen LogP contribution in [0.2, 0.25) is 0 Å². The molecule has 0 bridgehead atoms. The second-order valence-corrected chi connectivity index (χ2v) is 4.60. The molecule has 0 N–H and O–H groups in total. The first kappa shape index (κ1) is 10.3. The van der Waals surface area contributed by atoms with Crippen molar-refractivity contribution in [2.24, 2.45) is 5.92 Å². The van der Waals surface area contributed by atoms with E-state index in [1.165, 1.54) is 0 Å². The Balaban J connectivity index is 2.21. The van der Waals surface area contributed by atoms with Crippen LogP contribution in [0.1, 0.15) is 57.2 Å². The van der Waals surface area contributed by atoms with E-state index in [1.807, 2.05) is 13.8 Å². The molecule has 0 aliphatic heterocycles. The standard InChI is InChI=1S/C11H16N2O2/c1-6(2)9(7(3)14)11-12-10(13-15-11)8-4-5-8/h6,8-9H,4-5H2,1-3H3. The van der Waals surface area contributed by atoms with Crippen LogP contribution >= 0.6 is 0 Å². The number of carbonyl (C=O) groups is 1. The quantitative estimate of drug-likeness (QED) is 0.761. The topological polar surface area (TPSA) is 56.0 Å². The van der Waals surface area contributed by atoms with E-state index in [4.69, 9.17) is 4.52 Å². The van der Waals surface area contributed by atoms with Gasteiger partial charge in [0.25, 0.3) is 0 Å². The molecule has 1 fully saturated rings. The predicted molar refractivity (Wildman–Crippen MR) is 54.5 cm³/mol. The van der Waals surface area contributed by atoms with Gasteiger partial charge < -0.3 is 4.52 Å². The summed E-state index contributed by atoms with van der Waals surface area (Å²) in [7, 11) is 0. The minimum atomic E-state index is -0.245. The number of rotatable bonds is 4. The fourth-order valence-corrected chi connectivity index (χ4v) is 1.81. The Morgan fingerprint density at radius 1 is 1.47 bits per heavy atom. The molecule has 0 aromatic carbocycles.